The Kier molecular flexibility index (Phi) is 9.72. The van der Waals surface area contributed by atoms with Crippen LogP contribution in [0, 0.1) is 5.41 Å². The normalized spacial score (nSPS) is 22.1. The molecule has 0 spiro atoms. The molecule has 6 nitrogen and oxygen atoms in total. The Morgan fingerprint density at radius 1 is 1.35 bits per heavy atom. The molecule has 0 aromatic heterocycles. The molecule has 2 fully saturated rings. The van der Waals surface area contributed by atoms with Crippen LogP contribution in [0.1, 0.15) is 26.2 Å². The third-order valence-corrected chi connectivity index (χ3v) is 4.56. The van der Waals surface area contributed by atoms with Crippen molar-refractivity contribution in [2.45, 2.75) is 32.2 Å². The minimum Gasteiger partial charge on any atom is -0.385 e. The van der Waals surface area contributed by atoms with Crippen LogP contribution < -0.4 is 10.6 Å². The molecule has 2 saturated heterocycles. The van der Waals surface area contributed by atoms with Crippen molar-refractivity contribution in [2.75, 3.05) is 60.2 Å². The maximum Gasteiger partial charge on any atom is 0.191 e. The lowest BCUT2D eigenvalue weighted by Gasteiger charge is -2.39. The van der Waals surface area contributed by atoms with E-state index in [0.29, 0.717) is 6.04 Å². The quantitative estimate of drug-likeness (QED) is 0.271. The topological polar surface area (TPSA) is 58.1 Å². The molecule has 0 aliphatic carbocycles. The van der Waals surface area contributed by atoms with Gasteiger partial charge in [0.25, 0.3) is 0 Å². The van der Waals surface area contributed by atoms with Gasteiger partial charge in [0.05, 0.1) is 13.2 Å². The molecule has 0 amide bonds. The molecule has 0 aromatic carbocycles. The lowest BCUT2D eigenvalue weighted by Crippen LogP contribution is -2.53. The van der Waals surface area contributed by atoms with Crippen molar-refractivity contribution in [3.05, 3.63) is 0 Å². The van der Waals surface area contributed by atoms with Gasteiger partial charge < -0.3 is 25.0 Å². The van der Waals surface area contributed by atoms with E-state index in [4.69, 9.17) is 9.47 Å². The van der Waals surface area contributed by atoms with Crippen LogP contribution in [0.4, 0.5) is 0 Å². The van der Waals surface area contributed by atoms with Crippen LogP contribution in [0.25, 0.3) is 0 Å². The highest BCUT2D eigenvalue weighted by Crippen LogP contribution is 2.25. The molecule has 2 heterocycles. The third kappa shape index (κ3) is 7.11. The summed E-state index contributed by atoms with van der Waals surface area (Å²) in [6, 6.07) is 0.523. The highest BCUT2D eigenvalue weighted by Gasteiger charge is 2.33. The van der Waals surface area contributed by atoms with E-state index in [9.17, 15) is 0 Å². The van der Waals surface area contributed by atoms with E-state index >= 15 is 0 Å². The number of ether oxygens (including phenoxy) is 2. The highest BCUT2D eigenvalue weighted by atomic mass is 127. The maximum atomic E-state index is 5.29. The molecule has 2 aliphatic rings. The van der Waals surface area contributed by atoms with Crippen molar-refractivity contribution in [1.82, 2.24) is 15.5 Å². The van der Waals surface area contributed by atoms with E-state index in [0.717, 1.165) is 58.4 Å². The van der Waals surface area contributed by atoms with Gasteiger partial charge in [-0.3, -0.25) is 4.99 Å². The Hall–Kier alpha value is -0.120. The lowest BCUT2D eigenvalue weighted by molar-refractivity contribution is -0.0971. The van der Waals surface area contributed by atoms with Crippen LogP contribution in [0.15, 0.2) is 4.99 Å². The number of aliphatic imine (C=N–C) groups is 1. The van der Waals surface area contributed by atoms with E-state index in [2.05, 4.69) is 27.4 Å². The van der Waals surface area contributed by atoms with E-state index < -0.39 is 0 Å². The van der Waals surface area contributed by atoms with Gasteiger partial charge in [0.15, 0.2) is 5.96 Å². The zero-order valence-corrected chi connectivity index (χ0v) is 17.1. The number of hydrogen-bond donors (Lipinski definition) is 2. The second kappa shape index (κ2) is 10.7. The molecule has 2 N–H and O–H groups in total. The second-order valence-corrected chi connectivity index (χ2v) is 6.84. The van der Waals surface area contributed by atoms with E-state index in [1.807, 2.05) is 7.05 Å². The maximum absolute atomic E-state index is 5.29. The van der Waals surface area contributed by atoms with Gasteiger partial charge in [-0.15, -0.1) is 24.0 Å². The molecule has 7 heteroatoms. The van der Waals surface area contributed by atoms with Gasteiger partial charge in [0, 0.05) is 58.4 Å². The second-order valence-electron chi connectivity index (χ2n) is 6.84. The number of methoxy groups -OCH3 is 1. The number of halogens is 1. The minimum atomic E-state index is 0. The van der Waals surface area contributed by atoms with E-state index in [1.165, 1.54) is 12.8 Å². The number of nitrogens with zero attached hydrogens (tertiary/aromatic N) is 2. The van der Waals surface area contributed by atoms with Crippen LogP contribution in [0.5, 0.6) is 0 Å². The first-order valence-corrected chi connectivity index (χ1v) is 8.41. The summed E-state index contributed by atoms with van der Waals surface area (Å²) in [5.74, 6) is 0.922. The SMILES string of the molecule is CN=C(NCC1(C)COC1)NC1CCN(CCCOC)CC1.I. The molecule has 0 aromatic rings. The lowest BCUT2D eigenvalue weighted by atomic mass is 9.89. The molecule has 136 valence electrons. The molecule has 2 rings (SSSR count). The zero-order valence-electron chi connectivity index (χ0n) is 14.8. The standard InChI is InChI=1S/C16H32N4O2.HI/c1-16(12-22-13-16)11-18-15(17-2)19-14-5-8-20(9-6-14)7-4-10-21-3;/h14H,4-13H2,1-3H3,(H2,17,18,19);1H. The minimum absolute atomic E-state index is 0. The fourth-order valence-corrected chi connectivity index (χ4v) is 2.97. The predicted octanol–water partition coefficient (Wildman–Crippen LogP) is 1.31. The fourth-order valence-electron chi connectivity index (χ4n) is 2.97. The molecule has 0 bridgehead atoms. The average molecular weight is 440 g/mol. The number of likely N-dealkylation sites (tertiary alicyclic amines) is 1. The van der Waals surface area contributed by atoms with Crippen LogP contribution in [-0.2, 0) is 9.47 Å². The Balaban J connectivity index is 0.00000264. The molecule has 23 heavy (non-hydrogen) atoms. The van der Waals surface area contributed by atoms with Crippen LogP contribution in [-0.4, -0.2) is 77.1 Å². The van der Waals surface area contributed by atoms with Crippen molar-refractivity contribution in [3.8, 4) is 0 Å². The van der Waals surface area contributed by atoms with E-state index in [1.54, 1.807) is 7.11 Å². The average Bonchev–Trinajstić information content (AvgIpc) is 2.51. The number of nitrogens with one attached hydrogen (secondary N) is 2. The molecule has 0 unspecified atom stereocenters. The summed E-state index contributed by atoms with van der Waals surface area (Å²) in [4.78, 5) is 6.87. The third-order valence-electron chi connectivity index (χ3n) is 4.56. The number of piperidine rings is 1. The largest absolute Gasteiger partial charge is 0.385 e. The van der Waals surface area contributed by atoms with Crippen molar-refractivity contribution < 1.29 is 9.47 Å². The zero-order chi connectivity index (χ0) is 15.8. The molecule has 0 saturated carbocycles. The molecule has 0 atom stereocenters. The van der Waals surface area contributed by atoms with Gasteiger partial charge >= 0.3 is 0 Å². The summed E-state index contributed by atoms with van der Waals surface area (Å²) in [7, 11) is 3.61. The Labute approximate surface area is 157 Å². The van der Waals surface area contributed by atoms with Crippen LogP contribution in [0.2, 0.25) is 0 Å². The monoisotopic (exact) mass is 440 g/mol. The summed E-state index contributed by atoms with van der Waals surface area (Å²) in [5, 5.41) is 7.00. The van der Waals surface area contributed by atoms with Gasteiger partial charge in [-0.05, 0) is 19.3 Å². The summed E-state index contributed by atoms with van der Waals surface area (Å²) in [5.41, 5.74) is 0.266. The first-order chi connectivity index (χ1) is 10.6. The molecular formula is C16H33IN4O2. The van der Waals surface area contributed by atoms with Crippen molar-refractivity contribution in [1.29, 1.82) is 0 Å². The number of rotatable bonds is 7. The first kappa shape index (κ1) is 20.9. The van der Waals surface area contributed by atoms with E-state index in [-0.39, 0.29) is 29.4 Å². The molecule has 2 aliphatic heterocycles. The van der Waals surface area contributed by atoms with Gasteiger partial charge in [-0.2, -0.15) is 0 Å². The Morgan fingerprint density at radius 3 is 2.57 bits per heavy atom. The molecular weight excluding hydrogens is 407 g/mol. The first-order valence-electron chi connectivity index (χ1n) is 8.41. The van der Waals surface area contributed by atoms with Crippen molar-refractivity contribution in [3.63, 3.8) is 0 Å². The smallest absolute Gasteiger partial charge is 0.191 e. The summed E-state index contributed by atoms with van der Waals surface area (Å²) in [6.45, 7) is 9.17. The van der Waals surface area contributed by atoms with Gasteiger partial charge in [-0.1, -0.05) is 6.92 Å². The highest BCUT2D eigenvalue weighted by molar-refractivity contribution is 14.0. The van der Waals surface area contributed by atoms with Crippen LogP contribution in [0.3, 0.4) is 0 Å². The van der Waals surface area contributed by atoms with Crippen molar-refractivity contribution >= 4 is 29.9 Å². The van der Waals surface area contributed by atoms with Crippen LogP contribution >= 0.6 is 24.0 Å². The van der Waals surface area contributed by atoms with Gasteiger partial charge in [0.1, 0.15) is 0 Å². The number of hydrogen-bond acceptors (Lipinski definition) is 4. The van der Waals surface area contributed by atoms with Gasteiger partial charge in [-0.25, -0.2) is 0 Å². The summed E-state index contributed by atoms with van der Waals surface area (Å²) < 4.78 is 10.4. The Morgan fingerprint density at radius 2 is 2.04 bits per heavy atom. The summed E-state index contributed by atoms with van der Waals surface area (Å²) in [6.07, 6.45) is 3.47. The summed E-state index contributed by atoms with van der Waals surface area (Å²) >= 11 is 0. The Bertz CT molecular complexity index is 356. The molecule has 0 radical (unpaired) electrons. The number of guanidine groups is 1. The predicted molar refractivity (Wildman–Crippen MR) is 105 cm³/mol. The van der Waals surface area contributed by atoms with Crippen molar-refractivity contribution in [2.24, 2.45) is 10.4 Å². The fraction of sp³-hybridized carbons (Fsp3) is 0.938. The van der Waals surface area contributed by atoms with Gasteiger partial charge in [0.2, 0.25) is 0 Å².